The van der Waals surface area contributed by atoms with Crippen LogP contribution in [0.3, 0.4) is 0 Å². The van der Waals surface area contributed by atoms with Crippen LogP contribution in [0.15, 0.2) is 72.8 Å². The lowest BCUT2D eigenvalue weighted by Gasteiger charge is -2.48. The Labute approximate surface area is 298 Å². The van der Waals surface area contributed by atoms with Crippen molar-refractivity contribution in [3.05, 3.63) is 95.6 Å². The van der Waals surface area contributed by atoms with Crippen molar-refractivity contribution < 1.29 is 63.3 Å². The second-order valence-electron chi connectivity index (χ2n) is 12.2. The number of hydrogen-bond donors (Lipinski definition) is 8. The quantitative estimate of drug-likeness (QED) is 0.0598. The number of hydrogen-bond acceptors (Lipinski definition) is 11. The molecule has 7 unspecified atom stereocenters. The fourth-order valence-corrected chi connectivity index (χ4v) is 5.70. The van der Waals surface area contributed by atoms with Crippen molar-refractivity contribution in [3.8, 4) is 0 Å². The van der Waals surface area contributed by atoms with E-state index in [-0.39, 0.29) is 45.3 Å². The molecule has 0 saturated carbocycles. The lowest BCUT2D eigenvalue weighted by molar-refractivity contribution is -0.149. The topological polar surface area (TPSA) is 218 Å². The molecule has 7 atom stereocenters. The molecule has 0 radical (unpaired) electrons. The average molecular weight is 732 g/mol. The first-order valence-electron chi connectivity index (χ1n) is 16.6. The van der Waals surface area contributed by atoms with Gasteiger partial charge in [0.1, 0.15) is 36.6 Å². The highest BCUT2D eigenvalue weighted by molar-refractivity contribution is 6.03. The van der Waals surface area contributed by atoms with Crippen LogP contribution in [0.5, 0.6) is 0 Å². The number of carbonyl (C=O) groups is 3. The van der Waals surface area contributed by atoms with E-state index >= 15 is 0 Å². The Hall–Kier alpha value is -4.39. The molecule has 0 aromatic heterocycles. The maximum Gasteiger partial charge on any atom is 0.251 e. The Bertz CT molecular complexity index is 1620. The Morgan fingerprint density at radius 1 is 0.846 bits per heavy atom. The molecule has 52 heavy (non-hydrogen) atoms. The summed E-state index contributed by atoms with van der Waals surface area (Å²) in [5.74, 6) is -3.11. The van der Waals surface area contributed by atoms with E-state index in [4.69, 9.17) is 14.6 Å². The van der Waals surface area contributed by atoms with Gasteiger partial charge >= 0.3 is 0 Å². The summed E-state index contributed by atoms with van der Waals surface area (Å²) in [4.78, 5) is 39.5. The predicted octanol–water partition coefficient (Wildman–Crippen LogP) is 0.707. The summed E-state index contributed by atoms with van der Waals surface area (Å²) in [5.41, 5.74) is 2.15. The summed E-state index contributed by atoms with van der Waals surface area (Å²) < 4.78 is 37.7. The number of carbonyl (C=O) groups excluding carboxylic acids is 3. The van der Waals surface area contributed by atoms with Gasteiger partial charge in [-0.05, 0) is 72.5 Å². The number of anilines is 2. The van der Waals surface area contributed by atoms with Crippen molar-refractivity contribution >= 4 is 29.1 Å². The van der Waals surface area contributed by atoms with Crippen molar-refractivity contribution in [2.45, 2.75) is 49.4 Å². The molecule has 8 N–H and O–H groups in total. The zero-order valence-electron chi connectivity index (χ0n) is 28.1. The number of aliphatic hydroxyl groups excluding tert-OH is 6. The van der Waals surface area contributed by atoms with Gasteiger partial charge in [-0.15, -0.1) is 0 Å². The smallest absolute Gasteiger partial charge is 0.251 e. The molecule has 0 bridgehead atoms. The van der Waals surface area contributed by atoms with Gasteiger partial charge in [-0.2, -0.15) is 0 Å². The van der Waals surface area contributed by atoms with Crippen LogP contribution in [-0.4, -0.2) is 112 Å². The second kappa shape index (κ2) is 19.4. The maximum atomic E-state index is 13.7. The van der Waals surface area contributed by atoms with Crippen LogP contribution in [0.2, 0.25) is 0 Å². The van der Waals surface area contributed by atoms with Gasteiger partial charge in [-0.3, -0.25) is 14.4 Å². The third-order valence-corrected chi connectivity index (χ3v) is 8.51. The fraction of sp³-hybridized carbons (Fsp3) is 0.417. The van der Waals surface area contributed by atoms with E-state index in [1.54, 1.807) is 29.2 Å². The van der Waals surface area contributed by atoms with Crippen molar-refractivity contribution in [2.75, 3.05) is 49.8 Å². The van der Waals surface area contributed by atoms with Crippen LogP contribution in [-0.2, 0) is 23.9 Å². The van der Waals surface area contributed by atoms with E-state index in [1.807, 2.05) is 0 Å². The number of nitrogens with zero attached hydrogens (tertiary/aromatic N) is 1. The number of aliphatic hydroxyl groups is 6. The molecule has 0 aliphatic carbocycles. The molecule has 1 aliphatic heterocycles. The Morgan fingerprint density at radius 3 is 2.17 bits per heavy atom. The maximum absolute atomic E-state index is 13.7. The Morgan fingerprint density at radius 2 is 1.50 bits per heavy atom. The number of amides is 3. The van der Waals surface area contributed by atoms with Crippen molar-refractivity contribution in [2.24, 2.45) is 5.92 Å². The van der Waals surface area contributed by atoms with E-state index in [9.17, 15) is 48.7 Å². The molecule has 14 nitrogen and oxygen atoms in total. The molecule has 1 fully saturated rings. The van der Waals surface area contributed by atoms with Crippen LogP contribution >= 0.6 is 0 Å². The van der Waals surface area contributed by atoms with Gasteiger partial charge in [0.2, 0.25) is 11.8 Å². The monoisotopic (exact) mass is 731 g/mol. The molecule has 16 heteroatoms. The minimum absolute atomic E-state index is 0.0104. The van der Waals surface area contributed by atoms with E-state index in [2.05, 4.69) is 10.6 Å². The minimum Gasteiger partial charge on any atom is -0.394 e. The SMILES string of the molecule is O=C(COCCOCCNC(=O)C(O)C(O)C(O)C(O)CO)Nc1cccc(C2C(CCC(O)c3ccc(F)cc3)C(=O)N2c2ccc(F)cc2)c1. The highest BCUT2D eigenvalue weighted by atomic mass is 19.1. The average Bonchev–Trinajstić information content (AvgIpc) is 3.14. The lowest BCUT2D eigenvalue weighted by atomic mass is 9.78. The second-order valence-corrected chi connectivity index (χ2v) is 12.2. The highest BCUT2D eigenvalue weighted by Crippen LogP contribution is 2.46. The van der Waals surface area contributed by atoms with Gasteiger partial charge in [0.15, 0.2) is 6.10 Å². The van der Waals surface area contributed by atoms with Gasteiger partial charge in [-0.25, -0.2) is 8.78 Å². The van der Waals surface area contributed by atoms with Crippen molar-refractivity contribution in [1.82, 2.24) is 5.32 Å². The van der Waals surface area contributed by atoms with Gasteiger partial charge < -0.3 is 55.6 Å². The summed E-state index contributed by atoms with van der Waals surface area (Å²) in [6, 6.07) is 17.4. The number of rotatable bonds is 20. The number of β-lactam (4-membered cyclic amide) rings is 1. The van der Waals surface area contributed by atoms with Gasteiger partial charge in [0.05, 0.1) is 44.5 Å². The standard InChI is InChI=1S/C36H43F2N3O11/c37-23-6-4-21(5-7-23)28(43)13-12-27-31(41(36(27)50)26-10-8-24(38)9-11-26)22-2-1-3-25(18-22)40-30(45)20-52-17-16-51-15-14-39-35(49)34(48)33(47)32(46)29(44)19-42/h1-11,18,27-29,31-34,42-44,46-48H,12-17,19-20H2,(H,39,49)(H,40,45). The van der Waals surface area contributed by atoms with Crippen LogP contribution in [0.1, 0.15) is 36.1 Å². The van der Waals surface area contributed by atoms with Crippen LogP contribution in [0, 0.1) is 17.6 Å². The van der Waals surface area contributed by atoms with E-state index in [0.29, 0.717) is 28.9 Å². The molecule has 4 rings (SSSR count). The molecule has 3 aromatic rings. The first kappa shape index (κ1) is 40.4. The summed E-state index contributed by atoms with van der Waals surface area (Å²) in [5, 5.41) is 63.0. The zero-order valence-corrected chi connectivity index (χ0v) is 28.1. The summed E-state index contributed by atoms with van der Waals surface area (Å²) in [6.45, 7) is -1.20. The molecule has 1 saturated heterocycles. The molecule has 1 heterocycles. The van der Waals surface area contributed by atoms with E-state index in [0.717, 1.165) is 0 Å². The van der Waals surface area contributed by atoms with Gasteiger partial charge in [0.25, 0.3) is 5.91 Å². The summed E-state index contributed by atoms with van der Waals surface area (Å²) in [6.07, 6.45) is -8.14. The van der Waals surface area contributed by atoms with E-state index < -0.39 is 72.5 Å². The zero-order chi connectivity index (χ0) is 37.8. The molecular weight excluding hydrogens is 688 g/mol. The first-order chi connectivity index (χ1) is 24.9. The molecule has 3 amide bonds. The van der Waals surface area contributed by atoms with Crippen LogP contribution in [0.25, 0.3) is 0 Å². The third-order valence-electron chi connectivity index (χ3n) is 8.51. The van der Waals surface area contributed by atoms with Crippen molar-refractivity contribution in [1.29, 1.82) is 0 Å². The number of halogens is 2. The molecule has 1 aliphatic rings. The first-order valence-corrected chi connectivity index (χ1v) is 16.6. The lowest BCUT2D eigenvalue weighted by Crippen LogP contribution is -2.55. The third kappa shape index (κ3) is 10.8. The normalized spacial score (nSPS) is 18.5. The van der Waals surface area contributed by atoms with Gasteiger partial charge in [-0.1, -0.05) is 24.3 Å². The van der Waals surface area contributed by atoms with Crippen LogP contribution in [0.4, 0.5) is 20.2 Å². The highest BCUT2D eigenvalue weighted by Gasteiger charge is 2.48. The van der Waals surface area contributed by atoms with E-state index in [1.165, 1.54) is 48.5 Å². The summed E-state index contributed by atoms with van der Waals surface area (Å²) >= 11 is 0. The predicted molar refractivity (Wildman–Crippen MR) is 182 cm³/mol. The summed E-state index contributed by atoms with van der Waals surface area (Å²) in [7, 11) is 0. The van der Waals surface area contributed by atoms with Crippen molar-refractivity contribution in [3.63, 3.8) is 0 Å². The molecule has 282 valence electrons. The fourth-order valence-electron chi connectivity index (χ4n) is 5.70. The van der Waals surface area contributed by atoms with Gasteiger partial charge in [0, 0.05) is 17.9 Å². The molecule has 0 spiro atoms. The minimum atomic E-state index is -2.06. The molecule has 3 aromatic carbocycles. The number of nitrogens with one attached hydrogen (secondary N) is 2. The number of ether oxygens (including phenoxy) is 2. The Kier molecular flexibility index (Phi) is 15.1. The largest absolute Gasteiger partial charge is 0.394 e. The number of benzene rings is 3. The molecular formula is C36H43F2N3O11. The van der Waals surface area contributed by atoms with Crippen LogP contribution < -0.4 is 15.5 Å². The Balaban J connectivity index is 1.24.